The van der Waals surface area contributed by atoms with Crippen LogP contribution >= 0.6 is 0 Å². The fourth-order valence-electron chi connectivity index (χ4n) is 3.29. The van der Waals surface area contributed by atoms with E-state index in [4.69, 9.17) is 4.42 Å². The number of carbonyl (C=O) groups is 2. The minimum Gasteiger partial charge on any atom is -0.460 e. The molecule has 0 radical (unpaired) electrons. The average Bonchev–Trinajstić information content (AvgIpc) is 2.84. The van der Waals surface area contributed by atoms with Crippen molar-refractivity contribution in [3.05, 3.63) is 59.4 Å². The second-order valence-electron chi connectivity index (χ2n) is 5.82. The summed E-state index contributed by atoms with van der Waals surface area (Å²) in [5, 5.41) is 2.42. The molecule has 0 aliphatic carbocycles. The van der Waals surface area contributed by atoms with E-state index in [1.807, 2.05) is 32.0 Å². The third-order valence-corrected chi connectivity index (χ3v) is 4.56. The van der Waals surface area contributed by atoms with E-state index in [0.717, 1.165) is 27.7 Å². The van der Waals surface area contributed by atoms with Gasteiger partial charge in [-0.1, -0.05) is 18.2 Å². The maximum Gasteiger partial charge on any atom is 0.261 e. The van der Waals surface area contributed by atoms with Gasteiger partial charge in [-0.2, -0.15) is 0 Å². The van der Waals surface area contributed by atoms with Crippen LogP contribution < -0.4 is 0 Å². The van der Waals surface area contributed by atoms with E-state index >= 15 is 0 Å². The van der Waals surface area contributed by atoms with Gasteiger partial charge in [0.2, 0.25) is 0 Å². The maximum atomic E-state index is 12.8. The van der Waals surface area contributed by atoms with Crippen molar-refractivity contribution in [1.29, 1.82) is 0 Å². The number of fused-ring (bicyclic) bond motifs is 2. The SMILES string of the molecule is C=CCN1C(=O)c2cccc3c2c(cc2c(C)c(C)oc23)C1=O. The van der Waals surface area contributed by atoms with Crippen LogP contribution in [0.15, 0.2) is 41.3 Å². The van der Waals surface area contributed by atoms with E-state index in [9.17, 15) is 9.59 Å². The molecular weight excluding hydrogens is 290 g/mol. The summed E-state index contributed by atoms with van der Waals surface area (Å²) in [6.45, 7) is 7.72. The Morgan fingerprint density at radius 2 is 1.87 bits per heavy atom. The molecule has 0 atom stereocenters. The Kier molecular flexibility index (Phi) is 2.73. The van der Waals surface area contributed by atoms with E-state index in [-0.39, 0.29) is 18.4 Å². The second-order valence-corrected chi connectivity index (χ2v) is 5.82. The summed E-state index contributed by atoms with van der Waals surface area (Å²) >= 11 is 0. The van der Waals surface area contributed by atoms with E-state index in [1.165, 1.54) is 4.90 Å². The molecule has 114 valence electrons. The molecule has 0 spiro atoms. The number of nitrogens with zero attached hydrogens (tertiary/aromatic N) is 1. The highest BCUT2D eigenvalue weighted by molar-refractivity contribution is 6.29. The van der Waals surface area contributed by atoms with Crippen molar-refractivity contribution < 1.29 is 14.0 Å². The number of rotatable bonds is 2. The quantitative estimate of drug-likeness (QED) is 0.531. The first-order valence-corrected chi connectivity index (χ1v) is 7.47. The Hall–Kier alpha value is -2.88. The maximum absolute atomic E-state index is 12.8. The predicted octanol–water partition coefficient (Wildman–Crippen LogP) is 3.98. The zero-order valence-corrected chi connectivity index (χ0v) is 13.0. The number of amides is 2. The Morgan fingerprint density at radius 1 is 1.13 bits per heavy atom. The van der Waals surface area contributed by atoms with Gasteiger partial charge in [0.1, 0.15) is 11.3 Å². The third-order valence-electron chi connectivity index (χ3n) is 4.56. The van der Waals surface area contributed by atoms with Crippen LogP contribution in [-0.2, 0) is 0 Å². The van der Waals surface area contributed by atoms with Gasteiger partial charge in [0.05, 0.1) is 0 Å². The average molecular weight is 305 g/mol. The van der Waals surface area contributed by atoms with Gasteiger partial charge >= 0.3 is 0 Å². The minimum absolute atomic E-state index is 0.203. The summed E-state index contributed by atoms with van der Waals surface area (Å²) in [7, 11) is 0. The van der Waals surface area contributed by atoms with Crippen molar-refractivity contribution in [3.8, 4) is 0 Å². The molecule has 2 heterocycles. The Morgan fingerprint density at radius 3 is 2.61 bits per heavy atom. The zero-order valence-electron chi connectivity index (χ0n) is 13.0. The van der Waals surface area contributed by atoms with Crippen LogP contribution in [0.2, 0.25) is 0 Å². The lowest BCUT2D eigenvalue weighted by Crippen LogP contribution is -2.40. The number of benzene rings is 2. The molecule has 0 bridgehead atoms. The van der Waals surface area contributed by atoms with Crippen molar-refractivity contribution in [3.63, 3.8) is 0 Å². The van der Waals surface area contributed by atoms with Crippen molar-refractivity contribution in [1.82, 2.24) is 4.90 Å². The topological polar surface area (TPSA) is 50.5 Å². The number of furan rings is 1. The standard InChI is InChI=1S/C19H15NO3/c1-4-8-20-18(21)13-7-5-6-12-16(13)15(19(20)22)9-14-10(2)11(3)23-17(12)14/h4-7,9H,1,8H2,2-3H3. The molecule has 2 amide bonds. The molecule has 4 heteroatoms. The molecule has 4 nitrogen and oxygen atoms in total. The molecule has 23 heavy (non-hydrogen) atoms. The monoisotopic (exact) mass is 305 g/mol. The van der Waals surface area contributed by atoms with Gasteiger partial charge in [0.25, 0.3) is 11.8 Å². The van der Waals surface area contributed by atoms with E-state index < -0.39 is 0 Å². The Bertz CT molecular complexity index is 1030. The molecule has 4 rings (SSSR count). The fraction of sp³-hybridized carbons (Fsp3) is 0.158. The zero-order chi connectivity index (χ0) is 16.3. The number of hydrogen-bond donors (Lipinski definition) is 0. The number of carbonyl (C=O) groups excluding carboxylic acids is 2. The predicted molar refractivity (Wildman–Crippen MR) is 88.8 cm³/mol. The molecular formula is C19H15NO3. The van der Waals surface area contributed by atoms with Crippen LogP contribution in [-0.4, -0.2) is 23.3 Å². The molecule has 0 unspecified atom stereocenters. The summed E-state index contributed by atoms with van der Waals surface area (Å²) in [4.78, 5) is 26.7. The smallest absolute Gasteiger partial charge is 0.261 e. The Balaban J connectivity index is 2.19. The molecule has 3 aromatic rings. The highest BCUT2D eigenvalue weighted by Gasteiger charge is 2.33. The molecule has 2 aromatic carbocycles. The first-order valence-electron chi connectivity index (χ1n) is 7.47. The molecule has 0 N–H and O–H groups in total. The van der Waals surface area contributed by atoms with E-state index in [2.05, 4.69) is 6.58 Å². The van der Waals surface area contributed by atoms with Crippen LogP contribution in [0.3, 0.4) is 0 Å². The van der Waals surface area contributed by atoms with Crippen molar-refractivity contribution >= 4 is 33.6 Å². The van der Waals surface area contributed by atoms with Gasteiger partial charge < -0.3 is 4.42 Å². The van der Waals surface area contributed by atoms with Gasteiger partial charge in [0, 0.05) is 33.8 Å². The number of hydrogen-bond acceptors (Lipinski definition) is 3. The van der Waals surface area contributed by atoms with Crippen molar-refractivity contribution in [2.45, 2.75) is 13.8 Å². The second kappa shape index (κ2) is 4.56. The van der Waals surface area contributed by atoms with Crippen LogP contribution in [0, 0.1) is 13.8 Å². The van der Waals surface area contributed by atoms with Crippen LogP contribution in [0.4, 0.5) is 0 Å². The molecule has 0 saturated carbocycles. The van der Waals surface area contributed by atoms with Crippen molar-refractivity contribution in [2.24, 2.45) is 0 Å². The summed E-state index contributed by atoms with van der Waals surface area (Å²) in [6.07, 6.45) is 1.56. The lowest BCUT2D eigenvalue weighted by atomic mass is 9.92. The number of imide groups is 1. The van der Waals surface area contributed by atoms with Crippen LogP contribution in [0.1, 0.15) is 32.0 Å². The van der Waals surface area contributed by atoms with Gasteiger partial charge in [-0.3, -0.25) is 14.5 Å². The fourth-order valence-corrected chi connectivity index (χ4v) is 3.29. The lowest BCUT2D eigenvalue weighted by Gasteiger charge is -2.26. The van der Waals surface area contributed by atoms with Gasteiger partial charge in [-0.05, 0) is 31.5 Å². The molecule has 1 aliphatic rings. The lowest BCUT2D eigenvalue weighted by molar-refractivity contribution is 0.0629. The summed E-state index contributed by atoms with van der Waals surface area (Å²) in [6, 6.07) is 7.33. The molecule has 0 saturated heterocycles. The first kappa shape index (κ1) is 13.8. The van der Waals surface area contributed by atoms with Crippen molar-refractivity contribution in [2.75, 3.05) is 6.54 Å². The number of aryl methyl sites for hydroxylation is 2. The third kappa shape index (κ3) is 1.66. The van der Waals surface area contributed by atoms with E-state index in [1.54, 1.807) is 12.1 Å². The summed E-state index contributed by atoms with van der Waals surface area (Å²) in [5.41, 5.74) is 2.84. The molecule has 1 aliphatic heterocycles. The highest BCUT2D eigenvalue weighted by atomic mass is 16.3. The molecule has 1 aromatic heterocycles. The Labute approximate surface area is 133 Å². The van der Waals surface area contributed by atoms with Gasteiger partial charge in [-0.25, -0.2) is 0 Å². The van der Waals surface area contributed by atoms with Crippen LogP contribution in [0.5, 0.6) is 0 Å². The largest absolute Gasteiger partial charge is 0.460 e. The molecule has 0 fully saturated rings. The summed E-state index contributed by atoms with van der Waals surface area (Å²) < 4.78 is 5.88. The first-order chi connectivity index (χ1) is 11.0. The van der Waals surface area contributed by atoms with Gasteiger partial charge in [0.15, 0.2) is 0 Å². The van der Waals surface area contributed by atoms with E-state index in [0.29, 0.717) is 16.5 Å². The summed E-state index contributed by atoms with van der Waals surface area (Å²) in [5.74, 6) is 0.260. The highest BCUT2D eigenvalue weighted by Crippen LogP contribution is 2.38. The normalized spacial score (nSPS) is 14.1. The minimum atomic E-state index is -0.285. The van der Waals surface area contributed by atoms with Gasteiger partial charge in [-0.15, -0.1) is 6.58 Å². The van der Waals surface area contributed by atoms with Crippen LogP contribution in [0.25, 0.3) is 21.7 Å².